The topological polar surface area (TPSA) is 43.1 Å². The lowest BCUT2D eigenvalue weighted by atomic mass is 9.84. The van der Waals surface area contributed by atoms with E-state index < -0.39 is 5.54 Å². The molecule has 1 aromatic carbocycles. The summed E-state index contributed by atoms with van der Waals surface area (Å²) in [5.74, 6) is -0.239. The highest BCUT2D eigenvalue weighted by molar-refractivity contribution is 6.42. The zero-order valence-corrected chi connectivity index (χ0v) is 10.8. The van der Waals surface area contributed by atoms with Crippen molar-refractivity contribution in [2.75, 3.05) is 0 Å². The van der Waals surface area contributed by atoms with E-state index in [-0.39, 0.29) is 10.8 Å². The molecule has 1 aromatic rings. The molecule has 0 heterocycles. The molecule has 0 N–H and O–H groups in total. The van der Waals surface area contributed by atoms with Gasteiger partial charge in [-0.25, -0.2) is 0 Å². The van der Waals surface area contributed by atoms with Crippen LogP contribution in [-0.2, 0) is 0 Å². The molecule has 0 radical (unpaired) electrons. The summed E-state index contributed by atoms with van der Waals surface area (Å²) in [6.45, 7) is 5.00. The normalized spacial score (nSPS) is 13.6. The quantitative estimate of drug-likeness (QED) is 0.606. The number of benzene rings is 1. The van der Waals surface area contributed by atoms with Crippen LogP contribution in [0.3, 0.4) is 0 Å². The molecule has 1 unspecified atom stereocenters. The predicted molar refractivity (Wildman–Crippen MR) is 66.0 cm³/mol. The lowest BCUT2D eigenvalue weighted by molar-refractivity contribution is -0.564. The van der Waals surface area contributed by atoms with Gasteiger partial charge in [0.05, 0.1) is 16.0 Å². The molecule has 1 rings (SSSR count). The van der Waals surface area contributed by atoms with Crippen LogP contribution in [-0.4, -0.2) is 10.5 Å². The fourth-order valence-corrected chi connectivity index (χ4v) is 1.65. The Balaban J connectivity index is 3.10. The second-order valence-electron chi connectivity index (χ2n) is 4.31. The zero-order valence-electron chi connectivity index (χ0n) is 9.33. The number of hydrogen-bond donors (Lipinski definition) is 0. The van der Waals surface area contributed by atoms with E-state index >= 15 is 0 Å². The number of nitrogens with zero attached hydrogens (tertiary/aromatic N) is 1. The van der Waals surface area contributed by atoms with Gasteiger partial charge in [0.2, 0.25) is 5.54 Å². The van der Waals surface area contributed by atoms with E-state index in [0.29, 0.717) is 10.0 Å². The highest BCUT2D eigenvalue weighted by Crippen LogP contribution is 2.33. The Labute approximate surface area is 105 Å². The van der Waals surface area contributed by atoms with E-state index in [1.807, 2.05) is 6.92 Å². The third kappa shape index (κ3) is 2.47. The summed E-state index contributed by atoms with van der Waals surface area (Å²) in [6, 6.07) is 5.11. The first-order chi connectivity index (χ1) is 7.26. The van der Waals surface area contributed by atoms with Crippen LogP contribution in [0.15, 0.2) is 18.2 Å². The molecule has 0 spiro atoms. The van der Waals surface area contributed by atoms with E-state index in [0.717, 1.165) is 5.56 Å². The summed E-state index contributed by atoms with van der Waals surface area (Å²) in [4.78, 5) is 10.7. The number of halogens is 2. The fraction of sp³-hybridized carbons (Fsp3) is 0.455. The molecule has 0 aromatic heterocycles. The van der Waals surface area contributed by atoms with Crippen LogP contribution < -0.4 is 0 Å². The van der Waals surface area contributed by atoms with Gasteiger partial charge in [-0.2, -0.15) is 0 Å². The van der Waals surface area contributed by atoms with E-state index in [1.165, 1.54) is 0 Å². The second kappa shape index (κ2) is 4.60. The molecule has 88 valence electrons. The molecule has 0 fully saturated rings. The van der Waals surface area contributed by atoms with E-state index in [1.54, 1.807) is 32.0 Å². The fourth-order valence-electron chi connectivity index (χ4n) is 1.35. The minimum Gasteiger partial charge on any atom is -0.264 e. The number of nitro groups is 1. The second-order valence-corrected chi connectivity index (χ2v) is 5.12. The maximum Gasteiger partial charge on any atom is 0.223 e. The Bertz CT molecular complexity index is 418. The zero-order chi connectivity index (χ0) is 12.5. The molecule has 0 aliphatic heterocycles. The molecule has 5 heteroatoms. The molecular formula is C11H13Cl2NO2. The Morgan fingerprint density at radius 1 is 1.31 bits per heavy atom. The molecular weight excluding hydrogens is 249 g/mol. The van der Waals surface area contributed by atoms with Gasteiger partial charge in [-0.05, 0) is 17.7 Å². The Morgan fingerprint density at radius 2 is 1.88 bits per heavy atom. The van der Waals surface area contributed by atoms with Crippen LogP contribution in [0, 0.1) is 10.1 Å². The first-order valence-corrected chi connectivity index (χ1v) is 5.62. The van der Waals surface area contributed by atoms with Gasteiger partial charge in [-0.3, -0.25) is 10.1 Å². The van der Waals surface area contributed by atoms with Gasteiger partial charge in [0.1, 0.15) is 0 Å². The summed E-state index contributed by atoms with van der Waals surface area (Å²) in [7, 11) is 0. The van der Waals surface area contributed by atoms with E-state index in [9.17, 15) is 10.1 Å². The number of hydrogen-bond acceptors (Lipinski definition) is 2. The van der Waals surface area contributed by atoms with Crippen molar-refractivity contribution in [2.24, 2.45) is 0 Å². The van der Waals surface area contributed by atoms with Gasteiger partial charge in [0.15, 0.2) is 0 Å². The van der Waals surface area contributed by atoms with Gasteiger partial charge in [-0.15, -0.1) is 0 Å². The van der Waals surface area contributed by atoms with Crippen LogP contribution in [0.5, 0.6) is 0 Å². The van der Waals surface area contributed by atoms with Crippen molar-refractivity contribution in [3.8, 4) is 0 Å². The number of rotatable bonds is 3. The Hall–Kier alpha value is -0.800. The third-order valence-corrected chi connectivity index (χ3v) is 3.71. The summed E-state index contributed by atoms with van der Waals surface area (Å²) in [6.07, 6.45) is 0. The molecule has 0 saturated heterocycles. The van der Waals surface area contributed by atoms with Crippen molar-refractivity contribution < 1.29 is 4.92 Å². The predicted octanol–water partition coefficient (Wildman–Crippen LogP) is 4.15. The first kappa shape index (κ1) is 13.3. The lowest BCUT2D eigenvalue weighted by Crippen LogP contribution is -2.36. The SMILES string of the molecule is CC(c1ccc(Cl)c(Cl)c1)C(C)(C)[N+](=O)[O-]. The van der Waals surface area contributed by atoms with Gasteiger partial charge in [0, 0.05) is 18.8 Å². The highest BCUT2D eigenvalue weighted by atomic mass is 35.5. The maximum atomic E-state index is 10.9. The summed E-state index contributed by atoms with van der Waals surface area (Å²) >= 11 is 11.7. The van der Waals surface area contributed by atoms with Crippen molar-refractivity contribution in [2.45, 2.75) is 32.2 Å². The average Bonchev–Trinajstić information content (AvgIpc) is 2.20. The molecule has 1 atom stereocenters. The largest absolute Gasteiger partial charge is 0.264 e. The summed E-state index contributed by atoms with van der Waals surface area (Å²) in [5.41, 5.74) is -0.215. The third-order valence-electron chi connectivity index (χ3n) is 2.97. The standard InChI is InChI=1S/C11H13Cl2NO2/c1-7(11(2,3)14(15)16)8-4-5-9(12)10(13)6-8/h4-7H,1-3H3. The molecule has 3 nitrogen and oxygen atoms in total. The molecule has 0 bridgehead atoms. The Kier molecular flexibility index (Phi) is 3.81. The van der Waals surface area contributed by atoms with Gasteiger partial charge in [-0.1, -0.05) is 36.2 Å². The van der Waals surface area contributed by atoms with Gasteiger partial charge in [0.25, 0.3) is 0 Å². The van der Waals surface area contributed by atoms with Crippen LogP contribution in [0.25, 0.3) is 0 Å². The van der Waals surface area contributed by atoms with Gasteiger partial charge < -0.3 is 0 Å². The maximum absolute atomic E-state index is 10.9. The van der Waals surface area contributed by atoms with E-state index in [2.05, 4.69) is 0 Å². The summed E-state index contributed by atoms with van der Waals surface area (Å²) in [5, 5.41) is 11.8. The monoisotopic (exact) mass is 261 g/mol. The van der Waals surface area contributed by atoms with Gasteiger partial charge >= 0.3 is 0 Å². The molecule has 0 saturated carbocycles. The van der Waals surface area contributed by atoms with Crippen LogP contribution in [0.1, 0.15) is 32.3 Å². The van der Waals surface area contributed by atoms with Crippen molar-refractivity contribution in [3.63, 3.8) is 0 Å². The van der Waals surface area contributed by atoms with Crippen molar-refractivity contribution in [3.05, 3.63) is 43.9 Å². The Morgan fingerprint density at radius 3 is 2.31 bits per heavy atom. The lowest BCUT2D eigenvalue weighted by Gasteiger charge is -2.23. The smallest absolute Gasteiger partial charge is 0.223 e. The first-order valence-electron chi connectivity index (χ1n) is 4.86. The van der Waals surface area contributed by atoms with Crippen LogP contribution in [0.2, 0.25) is 10.0 Å². The molecule has 16 heavy (non-hydrogen) atoms. The van der Waals surface area contributed by atoms with Crippen molar-refractivity contribution in [1.29, 1.82) is 0 Å². The molecule has 0 aliphatic rings. The van der Waals surface area contributed by atoms with Crippen molar-refractivity contribution in [1.82, 2.24) is 0 Å². The van der Waals surface area contributed by atoms with Crippen LogP contribution in [0.4, 0.5) is 0 Å². The van der Waals surface area contributed by atoms with E-state index in [4.69, 9.17) is 23.2 Å². The van der Waals surface area contributed by atoms with Crippen molar-refractivity contribution >= 4 is 23.2 Å². The molecule has 0 amide bonds. The van der Waals surface area contributed by atoms with Crippen LogP contribution >= 0.6 is 23.2 Å². The highest BCUT2D eigenvalue weighted by Gasteiger charge is 2.38. The molecule has 0 aliphatic carbocycles. The average molecular weight is 262 g/mol. The minimum atomic E-state index is -1.03. The summed E-state index contributed by atoms with van der Waals surface area (Å²) < 4.78 is 0. The minimum absolute atomic E-state index is 0.239.